The van der Waals surface area contributed by atoms with Gasteiger partial charge in [-0.2, -0.15) is 0 Å². The Morgan fingerprint density at radius 1 is 0.750 bits per heavy atom. The Morgan fingerprint density at radius 2 is 1.31 bits per heavy atom. The van der Waals surface area contributed by atoms with E-state index in [1.807, 2.05) is 0 Å². The van der Waals surface area contributed by atoms with Gasteiger partial charge in [0.2, 0.25) is 0 Å². The van der Waals surface area contributed by atoms with Crippen molar-refractivity contribution in [3.63, 3.8) is 0 Å². The number of allylic oxidation sites excluding steroid dienone is 4. The Morgan fingerprint density at radius 3 is 1.94 bits per heavy atom. The van der Waals surface area contributed by atoms with Gasteiger partial charge in [0, 0.05) is 6.61 Å². The highest BCUT2D eigenvalue weighted by Gasteiger charge is 1.89. The van der Waals surface area contributed by atoms with Gasteiger partial charge in [-0.05, 0) is 25.7 Å². The second-order valence-corrected chi connectivity index (χ2v) is 4.28. The maximum atomic E-state index is 8.61. The predicted octanol–water partition coefficient (Wildman–Crippen LogP) is 4.62. The topological polar surface area (TPSA) is 20.2 Å². The summed E-state index contributed by atoms with van der Waals surface area (Å²) in [4.78, 5) is 0. The molecular formula is C15H28O. The summed E-state index contributed by atoms with van der Waals surface area (Å²) in [5.41, 5.74) is 0. The minimum absolute atomic E-state index is 0.354. The fraction of sp³-hybridized carbons (Fsp3) is 0.733. The zero-order valence-electron chi connectivity index (χ0n) is 10.8. The zero-order valence-corrected chi connectivity index (χ0v) is 10.8. The van der Waals surface area contributed by atoms with Crippen molar-refractivity contribution >= 4 is 0 Å². The first kappa shape index (κ1) is 15.4. The van der Waals surface area contributed by atoms with Gasteiger partial charge < -0.3 is 5.11 Å². The molecule has 16 heavy (non-hydrogen) atoms. The van der Waals surface area contributed by atoms with Crippen molar-refractivity contribution in [2.45, 2.75) is 64.7 Å². The third-order valence-electron chi connectivity index (χ3n) is 2.62. The average Bonchev–Trinajstić information content (AvgIpc) is 2.31. The number of unbranched alkanes of at least 4 members (excludes halogenated alkanes) is 7. The fourth-order valence-corrected chi connectivity index (χ4v) is 1.60. The van der Waals surface area contributed by atoms with Crippen molar-refractivity contribution in [1.82, 2.24) is 0 Å². The SMILES string of the molecule is CCC/C=C\C=C/CCCCCCCCO. The summed E-state index contributed by atoms with van der Waals surface area (Å²) in [7, 11) is 0. The Labute approximate surface area is 101 Å². The Hall–Kier alpha value is -0.560. The van der Waals surface area contributed by atoms with Crippen LogP contribution in [0.15, 0.2) is 24.3 Å². The first-order valence-electron chi connectivity index (χ1n) is 6.84. The second kappa shape index (κ2) is 14.4. The molecule has 0 aliphatic rings. The lowest BCUT2D eigenvalue weighted by Crippen LogP contribution is -1.83. The Bertz CT molecular complexity index is 170. The van der Waals surface area contributed by atoms with E-state index < -0.39 is 0 Å². The molecule has 0 rings (SSSR count). The average molecular weight is 224 g/mol. The quantitative estimate of drug-likeness (QED) is 0.401. The van der Waals surface area contributed by atoms with Crippen molar-refractivity contribution in [3.8, 4) is 0 Å². The number of hydrogen-bond acceptors (Lipinski definition) is 1. The van der Waals surface area contributed by atoms with Gasteiger partial charge in [-0.15, -0.1) is 0 Å². The highest BCUT2D eigenvalue weighted by Crippen LogP contribution is 2.07. The van der Waals surface area contributed by atoms with Crippen LogP contribution in [0.4, 0.5) is 0 Å². The molecule has 0 saturated carbocycles. The van der Waals surface area contributed by atoms with Crippen LogP contribution in [0.5, 0.6) is 0 Å². The number of aliphatic hydroxyl groups excluding tert-OH is 1. The molecule has 0 aromatic carbocycles. The van der Waals surface area contributed by atoms with Crippen molar-refractivity contribution in [2.75, 3.05) is 6.61 Å². The van der Waals surface area contributed by atoms with Gasteiger partial charge in [0.1, 0.15) is 0 Å². The summed E-state index contributed by atoms with van der Waals surface area (Å²) in [5, 5.41) is 8.61. The maximum Gasteiger partial charge on any atom is 0.0431 e. The van der Waals surface area contributed by atoms with Crippen LogP contribution in [-0.2, 0) is 0 Å². The molecular weight excluding hydrogens is 196 g/mol. The molecule has 0 fully saturated rings. The minimum Gasteiger partial charge on any atom is -0.396 e. The molecule has 0 aliphatic heterocycles. The molecule has 0 bridgehead atoms. The summed E-state index contributed by atoms with van der Waals surface area (Å²) in [6.07, 6.45) is 19.8. The van der Waals surface area contributed by atoms with Crippen LogP contribution in [-0.4, -0.2) is 11.7 Å². The van der Waals surface area contributed by atoms with Crippen LogP contribution in [0.25, 0.3) is 0 Å². The summed E-state index contributed by atoms with van der Waals surface area (Å²) < 4.78 is 0. The van der Waals surface area contributed by atoms with E-state index in [0.29, 0.717) is 6.61 Å². The molecule has 0 aliphatic carbocycles. The molecule has 94 valence electrons. The lowest BCUT2D eigenvalue weighted by atomic mass is 10.1. The first-order chi connectivity index (χ1) is 7.91. The van der Waals surface area contributed by atoms with Gasteiger partial charge >= 0.3 is 0 Å². The fourth-order valence-electron chi connectivity index (χ4n) is 1.60. The van der Waals surface area contributed by atoms with Gasteiger partial charge in [0.15, 0.2) is 0 Å². The Kier molecular flexibility index (Phi) is 13.9. The van der Waals surface area contributed by atoms with E-state index >= 15 is 0 Å². The maximum absolute atomic E-state index is 8.61. The minimum atomic E-state index is 0.354. The highest BCUT2D eigenvalue weighted by atomic mass is 16.2. The van der Waals surface area contributed by atoms with E-state index in [4.69, 9.17) is 5.11 Å². The monoisotopic (exact) mass is 224 g/mol. The molecule has 0 aromatic rings. The first-order valence-corrected chi connectivity index (χ1v) is 6.84. The van der Waals surface area contributed by atoms with Gasteiger partial charge in [-0.25, -0.2) is 0 Å². The van der Waals surface area contributed by atoms with Crippen LogP contribution in [0.2, 0.25) is 0 Å². The van der Waals surface area contributed by atoms with E-state index in [9.17, 15) is 0 Å². The normalized spacial score (nSPS) is 11.9. The molecule has 1 N–H and O–H groups in total. The summed E-state index contributed by atoms with van der Waals surface area (Å²) in [6.45, 7) is 2.55. The van der Waals surface area contributed by atoms with Crippen LogP contribution in [0.1, 0.15) is 64.7 Å². The second-order valence-electron chi connectivity index (χ2n) is 4.28. The predicted molar refractivity (Wildman–Crippen MR) is 72.6 cm³/mol. The van der Waals surface area contributed by atoms with Crippen molar-refractivity contribution in [3.05, 3.63) is 24.3 Å². The third-order valence-corrected chi connectivity index (χ3v) is 2.62. The lowest BCUT2D eigenvalue weighted by molar-refractivity contribution is 0.282. The molecule has 0 aromatic heterocycles. The Balaban J connectivity index is 3.08. The molecule has 0 saturated heterocycles. The van der Waals surface area contributed by atoms with Crippen LogP contribution >= 0.6 is 0 Å². The number of aliphatic hydroxyl groups is 1. The van der Waals surface area contributed by atoms with Crippen LogP contribution < -0.4 is 0 Å². The summed E-state index contributed by atoms with van der Waals surface area (Å²) in [5.74, 6) is 0. The number of rotatable bonds is 11. The van der Waals surface area contributed by atoms with Crippen LogP contribution in [0, 0.1) is 0 Å². The smallest absolute Gasteiger partial charge is 0.0431 e. The van der Waals surface area contributed by atoms with E-state index in [0.717, 1.165) is 6.42 Å². The van der Waals surface area contributed by atoms with Gasteiger partial charge in [-0.3, -0.25) is 0 Å². The van der Waals surface area contributed by atoms with E-state index in [-0.39, 0.29) is 0 Å². The molecule has 0 heterocycles. The number of hydrogen-bond donors (Lipinski definition) is 1. The van der Waals surface area contributed by atoms with E-state index in [2.05, 4.69) is 31.2 Å². The van der Waals surface area contributed by atoms with Crippen molar-refractivity contribution < 1.29 is 5.11 Å². The lowest BCUT2D eigenvalue weighted by Gasteiger charge is -1.98. The molecule has 0 radical (unpaired) electrons. The molecule has 0 atom stereocenters. The van der Waals surface area contributed by atoms with Gasteiger partial charge in [0.25, 0.3) is 0 Å². The van der Waals surface area contributed by atoms with E-state index in [1.54, 1.807) is 0 Å². The summed E-state index contributed by atoms with van der Waals surface area (Å²) in [6, 6.07) is 0. The van der Waals surface area contributed by atoms with Gasteiger partial charge in [0.05, 0.1) is 0 Å². The van der Waals surface area contributed by atoms with E-state index in [1.165, 1.54) is 51.4 Å². The highest BCUT2D eigenvalue weighted by molar-refractivity contribution is 5.02. The van der Waals surface area contributed by atoms with Crippen LogP contribution in [0.3, 0.4) is 0 Å². The third kappa shape index (κ3) is 13.4. The molecule has 0 unspecified atom stereocenters. The standard InChI is InChI=1S/C15H28O/c1-2-3-4-5-6-7-8-9-10-11-12-13-14-15-16/h4-7,16H,2-3,8-15H2,1H3/b5-4-,7-6-. The zero-order chi connectivity index (χ0) is 11.9. The van der Waals surface area contributed by atoms with Crippen molar-refractivity contribution in [1.29, 1.82) is 0 Å². The molecule has 1 nitrogen and oxygen atoms in total. The largest absolute Gasteiger partial charge is 0.396 e. The van der Waals surface area contributed by atoms with Gasteiger partial charge in [-0.1, -0.05) is 63.3 Å². The summed E-state index contributed by atoms with van der Waals surface area (Å²) >= 11 is 0. The molecule has 0 amide bonds. The molecule has 1 heteroatoms. The molecule has 0 spiro atoms. The van der Waals surface area contributed by atoms with Crippen molar-refractivity contribution in [2.24, 2.45) is 0 Å².